The first kappa shape index (κ1) is 6.68. The highest BCUT2D eigenvalue weighted by atomic mass is 16.1. The number of hydrogen-bond acceptors (Lipinski definition) is 1. The molecule has 0 aliphatic rings. The minimum absolute atomic E-state index is 1.42. The summed E-state index contributed by atoms with van der Waals surface area (Å²) in [6, 6.07) is 0. The molecule has 0 bridgehead atoms. The summed E-state index contributed by atoms with van der Waals surface area (Å²) >= 11 is 0. The molecule has 0 spiro atoms. The van der Waals surface area contributed by atoms with E-state index in [0.29, 0.717) is 0 Å². The monoisotopic (exact) mass is 108 g/mol. The summed E-state index contributed by atoms with van der Waals surface area (Å²) in [4.78, 5) is 12.1. The molecule has 2 nitrogen and oxygen atoms in total. The topological polar surface area (TPSA) is 31.0 Å². The lowest BCUT2D eigenvalue weighted by molar-refractivity contribution is -0.411. The van der Waals surface area contributed by atoms with Crippen LogP contribution >= 0.6 is 0 Å². The van der Waals surface area contributed by atoms with Gasteiger partial charge in [-0.15, -0.1) is 0 Å². The summed E-state index contributed by atoms with van der Waals surface area (Å²) in [5.74, 6) is 4.08. The van der Waals surface area contributed by atoms with Gasteiger partial charge in [-0.25, -0.2) is 9.79 Å². The average Bonchev–Trinajstić information content (AvgIpc) is 1.81. The van der Waals surface area contributed by atoms with Crippen LogP contribution in [0.2, 0.25) is 0 Å². The van der Waals surface area contributed by atoms with Gasteiger partial charge in [0.1, 0.15) is 7.05 Å². The van der Waals surface area contributed by atoms with Gasteiger partial charge in [-0.05, 0) is 5.73 Å². The first-order valence-corrected chi connectivity index (χ1v) is 2.11. The van der Waals surface area contributed by atoms with E-state index in [-0.39, 0.29) is 0 Å². The van der Waals surface area contributed by atoms with Crippen LogP contribution in [0.15, 0.2) is 17.9 Å². The van der Waals surface area contributed by atoms with Crippen LogP contribution in [-0.4, -0.2) is 18.9 Å². The van der Waals surface area contributed by atoms with Crippen molar-refractivity contribution in [1.82, 2.24) is 0 Å². The molecule has 40 valence electrons. The van der Waals surface area contributed by atoms with Gasteiger partial charge < -0.3 is 0 Å². The van der Waals surface area contributed by atoms with Crippen molar-refractivity contribution in [2.45, 2.75) is 0 Å². The van der Waals surface area contributed by atoms with Crippen molar-refractivity contribution in [2.24, 2.45) is 0 Å². The molecule has 0 aliphatic heterocycles. The van der Waals surface area contributed by atoms with E-state index in [1.165, 1.54) is 18.1 Å². The molecule has 0 aliphatic carbocycles. The minimum Gasteiger partial charge on any atom is -0.224 e. The smallest absolute Gasteiger partial charge is 0.177 e. The molecule has 0 aromatic heterocycles. The molecule has 0 unspecified atom stereocenters. The second-order valence-electron chi connectivity index (χ2n) is 0.974. The molecule has 0 aromatic carbocycles. The van der Waals surface area contributed by atoms with Crippen molar-refractivity contribution in [2.75, 3.05) is 7.05 Å². The highest BCUT2D eigenvalue weighted by Gasteiger charge is 1.54. The lowest BCUT2D eigenvalue weighted by Crippen LogP contribution is -2.60. The molecule has 0 radical (unpaired) electrons. The summed E-state index contributed by atoms with van der Waals surface area (Å²) in [7, 11) is 1.72. The fourth-order valence-corrected chi connectivity index (χ4v) is 0.201. The Bertz CT molecular complexity index is 187. The maximum Gasteiger partial charge on any atom is 0.177 e. The Kier molecular flexibility index (Phi) is 4.74. The summed E-state index contributed by atoms with van der Waals surface area (Å²) in [5, 5.41) is 0. The van der Waals surface area contributed by atoms with E-state index in [4.69, 9.17) is 0 Å². The standard InChI is InChI=1S/C6H5NO/c1-7-5-3-2-4-6-8/h2-3H,1H3/p+1. The Labute approximate surface area is 47.6 Å². The highest BCUT2D eigenvalue weighted by Crippen LogP contribution is 1.55. The van der Waals surface area contributed by atoms with Crippen LogP contribution in [0.1, 0.15) is 0 Å². The number of nitrogens with one attached hydrogen (secondary N) is 1. The molecule has 0 saturated heterocycles. The predicted octanol–water partition coefficient (Wildman–Crippen LogP) is -1.53. The number of hydrogen-bond donors (Lipinski definition) is 1. The lowest BCUT2D eigenvalue weighted by atomic mass is 10.6. The molecule has 0 amide bonds. The fraction of sp³-hybridized carbons (Fsp3) is 0.167. The zero-order chi connectivity index (χ0) is 6.24. The Hall–Kier alpha value is -1.32. The molecule has 2 heteroatoms. The van der Waals surface area contributed by atoms with Crippen molar-refractivity contribution in [3.8, 4) is 0 Å². The zero-order valence-electron chi connectivity index (χ0n) is 4.56. The minimum atomic E-state index is 1.42. The van der Waals surface area contributed by atoms with Crippen molar-refractivity contribution in [3.05, 3.63) is 17.9 Å². The van der Waals surface area contributed by atoms with Crippen LogP contribution in [0.25, 0.3) is 0 Å². The normalized spacial score (nSPS) is 5.12. The third-order valence-corrected chi connectivity index (χ3v) is 0.453. The molecular formula is C6H6NO+. The van der Waals surface area contributed by atoms with Gasteiger partial charge in [0.15, 0.2) is 11.8 Å². The Morgan fingerprint density at radius 2 is 2.25 bits per heavy atom. The van der Waals surface area contributed by atoms with E-state index in [0.717, 1.165) is 0 Å². The maximum absolute atomic E-state index is 9.43. The van der Waals surface area contributed by atoms with Gasteiger partial charge in [-0.2, -0.15) is 0 Å². The van der Waals surface area contributed by atoms with Gasteiger partial charge in [0.05, 0.1) is 6.08 Å². The molecule has 0 rings (SSSR count). The summed E-state index contributed by atoms with van der Waals surface area (Å²) < 4.78 is 0. The highest BCUT2D eigenvalue weighted by molar-refractivity contribution is 5.51. The van der Waals surface area contributed by atoms with E-state index in [1.807, 2.05) is 0 Å². The van der Waals surface area contributed by atoms with Crippen molar-refractivity contribution in [3.63, 3.8) is 0 Å². The molecular weight excluding hydrogens is 102 g/mol. The van der Waals surface area contributed by atoms with E-state index in [9.17, 15) is 4.79 Å². The molecule has 8 heavy (non-hydrogen) atoms. The van der Waals surface area contributed by atoms with Crippen LogP contribution in [-0.2, 0) is 4.79 Å². The van der Waals surface area contributed by atoms with E-state index in [2.05, 4.69) is 16.6 Å². The second kappa shape index (κ2) is 5.68. The number of carbonyl (C=O) groups excluding carboxylic acids is 1. The summed E-state index contributed by atoms with van der Waals surface area (Å²) in [6.45, 7) is 0. The van der Waals surface area contributed by atoms with Gasteiger partial charge in [-0.1, -0.05) is 0 Å². The predicted molar refractivity (Wildman–Crippen MR) is 30.2 cm³/mol. The largest absolute Gasteiger partial charge is 0.224 e. The second-order valence-corrected chi connectivity index (χ2v) is 0.974. The van der Waals surface area contributed by atoms with Crippen LogP contribution in [0.3, 0.4) is 0 Å². The molecule has 0 heterocycles. The van der Waals surface area contributed by atoms with Gasteiger partial charge in [0, 0.05) is 6.08 Å². The fourth-order valence-electron chi connectivity index (χ4n) is 0.201. The SMILES string of the molecule is C[NH+]=C=CC=C=C=O. The Balaban J connectivity index is 3.96. The van der Waals surface area contributed by atoms with E-state index >= 15 is 0 Å². The van der Waals surface area contributed by atoms with Gasteiger partial charge in [0.2, 0.25) is 0 Å². The van der Waals surface area contributed by atoms with Gasteiger partial charge in [0.25, 0.3) is 0 Å². The molecule has 0 aromatic rings. The maximum atomic E-state index is 9.43. The van der Waals surface area contributed by atoms with Crippen molar-refractivity contribution >= 4 is 11.8 Å². The van der Waals surface area contributed by atoms with E-state index < -0.39 is 0 Å². The van der Waals surface area contributed by atoms with Crippen LogP contribution in [0, 0.1) is 0 Å². The molecule has 0 fully saturated rings. The van der Waals surface area contributed by atoms with Crippen molar-refractivity contribution in [1.29, 1.82) is 0 Å². The first-order valence-electron chi connectivity index (χ1n) is 2.11. The molecule has 0 saturated carbocycles. The Morgan fingerprint density at radius 3 is 2.75 bits per heavy atom. The third-order valence-electron chi connectivity index (χ3n) is 0.453. The van der Waals surface area contributed by atoms with Gasteiger partial charge >= 0.3 is 0 Å². The summed E-state index contributed by atoms with van der Waals surface area (Å²) in [6.07, 6.45) is 2.95. The quantitative estimate of drug-likeness (QED) is 0.188. The number of rotatable bonds is 1. The molecule has 1 N–H and O–H groups in total. The molecule has 0 atom stereocenters. The van der Waals surface area contributed by atoms with Crippen molar-refractivity contribution < 1.29 is 9.79 Å². The average molecular weight is 108 g/mol. The lowest BCUT2D eigenvalue weighted by Gasteiger charge is -1.48. The number of allylic oxidation sites excluding steroid dienone is 2. The third kappa shape index (κ3) is 4.68. The van der Waals surface area contributed by atoms with E-state index in [1.54, 1.807) is 7.05 Å². The van der Waals surface area contributed by atoms with Crippen LogP contribution in [0.4, 0.5) is 0 Å². The van der Waals surface area contributed by atoms with Gasteiger partial charge in [-0.3, -0.25) is 0 Å². The van der Waals surface area contributed by atoms with Crippen LogP contribution < -0.4 is 4.99 Å². The first-order chi connectivity index (χ1) is 3.91. The Morgan fingerprint density at radius 1 is 1.50 bits per heavy atom. The summed E-state index contributed by atoms with van der Waals surface area (Å²) in [5.41, 5.74) is 2.19. The van der Waals surface area contributed by atoms with Crippen LogP contribution in [0.5, 0.6) is 0 Å². The zero-order valence-corrected chi connectivity index (χ0v) is 4.56.